The number of ether oxygens (including phenoxy) is 1. The molecule has 3 amide bonds. The molecule has 0 bridgehead atoms. The molecule has 0 radical (unpaired) electrons. The van der Waals surface area contributed by atoms with Gasteiger partial charge < -0.3 is 20.3 Å². The van der Waals surface area contributed by atoms with Crippen molar-refractivity contribution in [1.82, 2.24) is 15.5 Å². The fourth-order valence-electron chi connectivity index (χ4n) is 4.22. The zero-order chi connectivity index (χ0) is 24.0. The number of likely N-dealkylation sites (tertiary alicyclic amines) is 1. The Bertz CT molecular complexity index is 962. The molecule has 2 atom stereocenters. The van der Waals surface area contributed by atoms with Crippen LogP contribution < -0.4 is 15.4 Å². The summed E-state index contributed by atoms with van der Waals surface area (Å²) in [5, 5.41) is 5.96. The van der Waals surface area contributed by atoms with E-state index in [1.54, 1.807) is 25.0 Å². The molecule has 3 rings (SSSR count). The first-order valence-corrected chi connectivity index (χ1v) is 11.5. The van der Waals surface area contributed by atoms with Crippen LogP contribution in [0.25, 0.3) is 0 Å². The van der Waals surface area contributed by atoms with E-state index in [1.807, 2.05) is 44.2 Å². The lowest BCUT2D eigenvalue weighted by Gasteiger charge is -2.38. The maximum atomic E-state index is 13.8. The number of amides is 3. The highest BCUT2D eigenvalue weighted by molar-refractivity contribution is 5.81. The molecule has 1 aliphatic heterocycles. The molecule has 1 fully saturated rings. The Labute approximate surface area is 195 Å². The van der Waals surface area contributed by atoms with Crippen molar-refractivity contribution in [3.05, 3.63) is 65.0 Å². The van der Waals surface area contributed by atoms with Gasteiger partial charge in [0, 0.05) is 31.6 Å². The van der Waals surface area contributed by atoms with Crippen molar-refractivity contribution in [3.63, 3.8) is 0 Å². The molecule has 0 saturated carbocycles. The van der Waals surface area contributed by atoms with Gasteiger partial charge in [-0.3, -0.25) is 4.79 Å². The van der Waals surface area contributed by atoms with Crippen LogP contribution in [-0.2, 0) is 11.2 Å². The Kier molecular flexibility index (Phi) is 8.31. The molecule has 2 aromatic rings. The monoisotopic (exact) mass is 455 g/mol. The number of nitrogens with one attached hydrogen (secondary N) is 2. The van der Waals surface area contributed by atoms with E-state index in [0.717, 1.165) is 16.9 Å². The zero-order valence-corrected chi connectivity index (χ0v) is 19.9. The van der Waals surface area contributed by atoms with E-state index in [1.165, 1.54) is 6.07 Å². The average molecular weight is 456 g/mol. The summed E-state index contributed by atoms with van der Waals surface area (Å²) in [6.45, 7) is 6.93. The molecule has 1 aliphatic rings. The minimum atomic E-state index is -0.331. The van der Waals surface area contributed by atoms with Gasteiger partial charge in [0.25, 0.3) is 0 Å². The van der Waals surface area contributed by atoms with Gasteiger partial charge in [0.15, 0.2) is 0 Å². The van der Waals surface area contributed by atoms with Gasteiger partial charge in [-0.25, -0.2) is 9.18 Å². The second-order valence-corrected chi connectivity index (χ2v) is 9.04. The van der Waals surface area contributed by atoms with Crippen LogP contribution in [0.2, 0.25) is 0 Å². The minimum absolute atomic E-state index is 0.00251. The second kappa shape index (κ2) is 11.2. The summed E-state index contributed by atoms with van der Waals surface area (Å²) >= 11 is 0. The number of hydrogen-bond donors (Lipinski definition) is 2. The summed E-state index contributed by atoms with van der Waals surface area (Å²) in [5.41, 5.74) is 2.63. The van der Waals surface area contributed by atoms with Crippen LogP contribution >= 0.6 is 0 Å². The Morgan fingerprint density at radius 2 is 1.88 bits per heavy atom. The molecule has 2 aromatic carbocycles. The third kappa shape index (κ3) is 6.70. The smallest absolute Gasteiger partial charge is 0.317 e. The third-order valence-corrected chi connectivity index (χ3v) is 6.05. The first-order valence-electron chi connectivity index (χ1n) is 11.5. The molecule has 178 valence electrons. The maximum absolute atomic E-state index is 13.8. The molecular weight excluding hydrogens is 421 g/mol. The number of aryl methyl sites for hydroxylation is 1. The lowest BCUT2D eigenvalue weighted by atomic mass is 9.83. The number of hydrogen-bond acceptors (Lipinski definition) is 3. The van der Waals surface area contributed by atoms with Crippen LogP contribution in [0, 0.1) is 18.7 Å². The molecular formula is C26H34FN3O3. The van der Waals surface area contributed by atoms with Crippen LogP contribution in [0.15, 0.2) is 42.5 Å². The molecule has 1 saturated heterocycles. The van der Waals surface area contributed by atoms with Gasteiger partial charge in [0.05, 0.1) is 13.0 Å². The number of urea groups is 1. The minimum Gasteiger partial charge on any atom is -0.497 e. The van der Waals surface area contributed by atoms with Crippen LogP contribution in [0.5, 0.6) is 5.75 Å². The lowest BCUT2D eigenvalue weighted by Crippen LogP contribution is -2.52. The fraction of sp³-hybridized carbons (Fsp3) is 0.462. The predicted octanol–water partition coefficient (Wildman–Crippen LogP) is 4.03. The Morgan fingerprint density at radius 1 is 1.15 bits per heavy atom. The van der Waals surface area contributed by atoms with Gasteiger partial charge >= 0.3 is 6.03 Å². The van der Waals surface area contributed by atoms with Gasteiger partial charge in [-0.15, -0.1) is 0 Å². The van der Waals surface area contributed by atoms with Gasteiger partial charge in [-0.05, 0) is 68.5 Å². The van der Waals surface area contributed by atoms with Crippen molar-refractivity contribution in [3.8, 4) is 5.75 Å². The number of benzene rings is 2. The van der Waals surface area contributed by atoms with Crippen LogP contribution in [0.4, 0.5) is 9.18 Å². The van der Waals surface area contributed by atoms with Crippen molar-refractivity contribution in [2.24, 2.45) is 5.92 Å². The van der Waals surface area contributed by atoms with E-state index < -0.39 is 0 Å². The highest BCUT2D eigenvalue weighted by Crippen LogP contribution is 2.31. The van der Waals surface area contributed by atoms with Crippen LogP contribution in [-0.4, -0.2) is 49.6 Å². The topological polar surface area (TPSA) is 70.7 Å². The SMILES string of the molecule is COc1ccc(CCNC(=O)[C@H]2C[C@H](c3ccc(F)c(C)c3)CN(C(=O)NC(C)C)C2)cc1. The van der Waals surface area contributed by atoms with Crippen LogP contribution in [0.1, 0.15) is 42.9 Å². The van der Waals surface area contributed by atoms with Crippen molar-refractivity contribution in [2.45, 2.75) is 45.6 Å². The number of halogens is 1. The van der Waals surface area contributed by atoms with E-state index in [0.29, 0.717) is 38.0 Å². The summed E-state index contributed by atoms with van der Waals surface area (Å²) in [7, 11) is 1.63. The number of methoxy groups -OCH3 is 1. The summed E-state index contributed by atoms with van der Waals surface area (Å²) in [5.74, 6) is 0.120. The highest BCUT2D eigenvalue weighted by atomic mass is 19.1. The third-order valence-electron chi connectivity index (χ3n) is 6.05. The predicted molar refractivity (Wildman–Crippen MR) is 127 cm³/mol. The van der Waals surface area contributed by atoms with Gasteiger partial charge in [-0.2, -0.15) is 0 Å². The number of carbonyl (C=O) groups is 2. The van der Waals surface area contributed by atoms with Crippen molar-refractivity contribution in [2.75, 3.05) is 26.7 Å². The summed E-state index contributed by atoms with van der Waals surface area (Å²) in [6.07, 6.45) is 1.32. The van der Waals surface area contributed by atoms with E-state index in [4.69, 9.17) is 4.74 Å². The molecule has 7 heteroatoms. The quantitative estimate of drug-likeness (QED) is 0.662. The van der Waals surface area contributed by atoms with E-state index in [-0.39, 0.29) is 35.6 Å². The Hall–Kier alpha value is -3.09. The standard InChI is InChI=1S/C26H34FN3O3/c1-17(2)29-26(32)30-15-21(20-7-10-24(27)18(3)13-20)14-22(16-30)25(31)28-12-11-19-5-8-23(33-4)9-6-19/h5-10,13,17,21-22H,11-12,14-16H2,1-4H3,(H,28,31)(H,29,32)/t21-,22-/m0/s1. The first kappa shape index (κ1) is 24.6. The zero-order valence-electron chi connectivity index (χ0n) is 19.9. The molecule has 33 heavy (non-hydrogen) atoms. The Morgan fingerprint density at radius 3 is 2.52 bits per heavy atom. The molecule has 0 aliphatic carbocycles. The van der Waals surface area contributed by atoms with Crippen molar-refractivity contribution in [1.29, 1.82) is 0 Å². The first-order chi connectivity index (χ1) is 15.8. The van der Waals surface area contributed by atoms with Gasteiger partial charge in [0.2, 0.25) is 5.91 Å². The Balaban J connectivity index is 1.67. The largest absolute Gasteiger partial charge is 0.497 e. The van der Waals surface area contributed by atoms with Crippen molar-refractivity contribution < 1.29 is 18.7 Å². The van der Waals surface area contributed by atoms with Gasteiger partial charge in [-0.1, -0.05) is 24.3 Å². The number of piperidine rings is 1. The van der Waals surface area contributed by atoms with Gasteiger partial charge in [0.1, 0.15) is 11.6 Å². The molecule has 0 aromatic heterocycles. The number of carbonyl (C=O) groups excluding carboxylic acids is 2. The summed E-state index contributed by atoms with van der Waals surface area (Å²) in [6, 6.07) is 12.6. The molecule has 2 N–H and O–H groups in total. The van der Waals surface area contributed by atoms with Crippen LogP contribution in [0.3, 0.4) is 0 Å². The molecule has 0 unspecified atom stereocenters. The summed E-state index contributed by atoms with van der Waals surface area (Å²) < 4.78 is 19.0. The van der Waals surface area contributed by atoms with E-state index >= 15 is 0 Å². The highest BCUT2D eigenvalue weighted by Gasteiger charge is 2.34. The molecule has 1 heterocycles. The number of rotatable bonds is 7. The second-order valence-electron chi connectivity index (χ2n) is 9.04. The maximum Gasteiger partial charge on any atom is 0.317 e. The average Bonchev–Trinajstić information content (AvgIpc) is 2.80. The summed E-state index contributed by atoms with van der Waals surface area (Å²) in [4.78, 5) is 27.5. The van der Waals surface area contributed by atoms with E-state index in [9.17, 15) is 14.0 Å². The van der Waals surface area contributed by atoms with E-state index in [2.05, 4.69) is 10.6 Å². The molecule has 6 nitrogen and oxygen atoms in total. The normalized spacial score (nSPS) is 18.2. The number of nitrogens with zero attached hydrogens (tertiary/aromatic N) is 1. The fourth-order valence-corrected chi connectivity index (χ4v) is 4.22. The molecule has 0 spiro atoms. The lowest BCUT2D eigenvalue weighted by molar-refractivity contribution is -0.126. The van der Waals surface area contributed by atoms with Crippen molar-refractivity contribution >= 4 is 11.9 Å².